The molecule has 2 N–H and O–H groups in total. The molecule has 6 heteroatoms. The van der Waals surface area contributed by atoms with Crippen molar-refractivity contribution in [1.29, 1.82) is 0 Å². The standard InChI is InChI=1S/C14H19N3S3/c1-9(2)10-4-6-11(7-5-10)12(15)8-19-14-17-16-13(18-3)20-14/h4-7,9,12H,8,15H2,1-3H3. The Hall–Kier alpha value is -0.560. The van der Waals surface area contributed by atoms with Crippen molar-refractivity contribution in [2.75, 3.05) is 12.0 Å². The van der Waals surface area contributed by atoms with E-state index in [2.05, 4.69) is 48.3 Å². The molecule has 3 nitrogen and oxygen atoms in total. The molecule has 0 amide bonds. The van der Waals surface area contributed by atoms with Crippen LogP contribution in [0.4, 0.5) is 0 Å². The Morgan fingerprint density at radius 3 is 2.25 bits per heavy atom. The quantitative estimate of drug-likeness (QED) is 0.808. The monoisotopic (exact) mass is 325 g/mol. The molecule has 1 heterocycles. The van der Waals surface area contributed by atoms with Crippen molar-refractivity contribution in [3.05, 3.63) is 35.4 Å². The lowest BCUT2D eigenvalue weighted by molar-refractivity contribution is 0.821. The van der Waals surface area contributed by atoms with E-state index < -0.39 is 0 Å². The molecule has 0 aliphatic heterocycles. The Balaban J connectivity index is 1.92. The van der Waals surface area contributed by atoms with E-state index in [1.54, 1.807) is 34.9 Å². The van der Waals surface area contributed by atoms with Crippen molar-refractivity contribution in [2.45, 2.75) is 34.5 Å². The molecule has 2 rings (SSSR count). The molecule has 0 bridgehead atoms. The molecule has 0 spiro atoms. The first-order valence-corrected chi connectivity index (χ1v) is 9.48. The minimum atomic E-state index is 0.0304. The van der Waals surface area contributed by atoms with Crippen molar-refractivity contribution >= 4 is 34.9 Å². The van der Waals surface area contributed by atoms with Crippen LogP contribution in [0.1, 0.15) is 36.9 Å². The van der Waals surface area contributed by atoms with Crippen LogP contribution in [0.25, 0.3) is 0 Å². The van der Waals surface area contributed by atoms with Crippen LogP contribution in [-0.2, 0) is 0 Å². The Morgan fingerprint density at radius 1 is 1.10 bits per heavy atom. The molecule has 0 saturated heterocycles. The highest BCUT2D eigenvalue weighted by Crippen LogP contribution is 2.29. The highest BCUT2D eigenvalue weighted by molar-refractivity contribution is 8.02. The predicted molar refractivity (Wildman–Crippen MR) is 89.9 cm³/mol. The van der Waals surface area contributed by atoms with E-state index in [0.717, 1.165) is 14.4 Å². The Kier molecular flexibility index (Phi) is 5.89. The molecular weight excluding hydrogens is 306 g/mol. The lowest BCUT2D eigenvalue weighted by Gasteiger charge is -2.12. The smallest absolute Gasteiger partial charge is 0.175 e. The third kappa shape index (κ3) is 4.22. The van der Waals surface area contributed by atoms with Crippen LogP contribution in [-0.4, -0.2) is 22.2 Å². The summed E-state index contributed by atoms with van der Waals surface area (Å²) >= 11 is 4.93. The molecule has 0 aliphatic carbocycles. The first kappa shape index (κ1) is 15.8. The van der Waals surface area contributed by atoms with Gasteiger partial charge in [-0.1, -0.05) is 73.0 Å². The van der Waals surface area contributed by atoms with Crippen molar-refractivity contribution < 1.29 is 0 Å². The number of aromatic nitrogens is 2. The highest BCUT2D eigenvalue weighted by Gasteiger charge is 2.10. The molecule has 1 unspecified atom stereocenters. The zero-order valence-corrected chi connectivity index (χ0v) is 14.3. The van der Waals surface area contributed by atoms with E-state index in [9.17, 15) is 0 Å². The predicted octanol–water partition coefficient (Wildman–Crippen LogP) is 4.18. The fourth-order valence-corrected chi connectivity index (χ4v) is 4.18. The summed E-state index contributed by atoms with van der Waals surface area (Å²) in [6.45, 7) is 4.40. The normalized spacial score (nSPS) is 12.8. The molecule has 0 saturated carbocycles. The zero-order valence-electron chi connectivity index (χ0n) is 11.9. The summed E-state index contributed by atoms with van der Waals surface area (Å²) in [5.41, 5.74) is 8.77. The van der Waals surface area contributed by atoms with E-state index in [1.807, 2.05) is 6.26 Å². The summed E-state index contributed by atoms with van der Waals surface area (Å²) in [6.07, 6.45) is 2.01. The molecule has 0 radical (unpaired) electrons. The van der Waals surface area contributed by atoms with Gasteiger partial charge in [-0.2, -0.15) is 0 Å². The summed E-state index contributed by atoms with van der Waals surface area (Å²) in [7, 11) is 0. The van der Waals surface area contributed by atoms with Gasteiger partial charge in [-0.25, -0.2) is 0 Å². The van der Waals surface area contributed by atoms with Crippen LogP contribution >= 0.6 is 34.9 Å². The number of thioether (sulfide) groups is 2. The first-order valence-electron chi connectivity index (χ1n) is 6.46. The molecule has 1 aromatic heterocycles. The Bertz CT molecular complexity index is 537. The average molecular weight is 326 g/mol. The zero-order chi connectivity index (χ0) is 14.5. The summed E-state index contributed by atoms with van der Waals surface area (Å²) in [5.74, 6) is 1.38. The van der Waals surface area contributed by atoms with Crippen molar-refractivity contribution in [3.8, 4) is 0 Å². The van der Waals surface area contributed by atoms with Gasteiger partial charge in [0.05, 0.1) is 0 Å². The molecule has 1 aromatic carbocycles. The number of nitrogens with zero attached hydrogens (tertiary/aromatic N) is 2. The second kappa shape index (κ2) is 7.45. The van der Waals surface area contributed by atoms with Crippen molar-refractivity contribution in [3.63, 3.8) is 0 Å². The lowest BCUT2D eigenvalue weighted by atomic mass is 10.00. The first-order chi connectivity index (χ1) is 9.60. The van der Waals surface area contributed by atoms with Gasteiger partial charge in [0.1, 0.15) is 0 Å². The fourth-order valence-electron chi connectivity index (χ4n) is 1.72. The summed E-state index contributed by atoms with van der Waals surface area (Å²) in [5, 5.41) is 8.23. The van der Waals surface area contributed by atoms with Gasteiger partial charge in [-0.15, -0.1) is 10.2 Å². The van der Waals surface area contributed by atoms with Gasteiger partial charge in [0.15, 0.2) is 8.68 Å². The van der Waals surface area contributed by atoms with Crippen LogP contribution in [0.15, 0.2) is 32.9 Å². The maximum absolute atomic E-state index is 6.24. The third-order valence-corrected chi connectivity index (χ3v) is 6.13. The topological polar surface area (TPSA) is 51.8 Å². The van der Waals surface area contributed by atoms with Crippen LogP contribution in [0.2, 0.25) is 0 Å². The third-order valence-electron chi connectivity index (χ3n) is 2.98. The van der Waals surface area contributed by atoms with E-state index in [-0.39, 0.29) is 6.04 Å². The number of benzene rings is 1. The summed E-state index contributed by atoms with van der Waals surface area (Å²) in [6, 6.07) is 8.63. The minimum Gasteiger partial charge on any atom is -0.323 e. The van der Waals surface area contributed by atoms with E-state index in [4.69, 9.17) is 5.73 Å². The van der Waals surface area contributed by atoms with Crippen LogP contribution in [0, 0.1) is 0 Å². The van der Waals surface area contributed by atoms with Gasteiger partial charge in [0.25, 0.3) is 0 Å². The fraction of sp³-hybridized carbons (Fsp3) is 0.429. The van der Waals surface area contributed by atoms with E-state index in [1.165, 1.54) is 11.1 Å². The SMILES string of the molecule is CSc1nnc(SCC(N)c2ccc(C(C)C)cc2)s1. The van der Waals surface area contributed by atoms with Crippen LogP contribution in [0.3, 0.4) is 0 Å². The van der Waals surface area contributed by atoms with Gasteiger partial charge in [0.2, 0.25) is 0 Å². The maximum atomic E-state index is 6.24. The van der Waals surface area contributed by atoms with Crippen LogP contribution < -0.4 is 5.73 Å². The van der Waals surface area contributed by atoms with Gasteiger partial charge < -0.3 is 5.73 Å². The second-order valence-corrected chi connectivity index (χ2v) is 8.07. The number of nitrogens with two attached hydrogens (primary N) is 1. The second-order valence-electron chi connectivity index (χ2n) is 4.78. The highest BCUT2D eigenvalue weighted by atomic mass is 32.2. The van der Waals surface area contributed by atoms with Crippen molar-refractivity contribution in [1.82, 2.24) is 10.2 Å². The molecule has 20 heavy (non-hydrogen) atoms. The molecule has 1 atom stereocenters. The molecule has 2 aromatic rings. The van der Waals surface area contributed by atoms with Crippen LogP contribution in [0.5, 0.6) is 0 Å². The number of hydrogen-bond acceptors (Lipinski definition) is 6. The summed E-state index contributed by atoms with van der Waals surface area (Å²) < 4.78 is 1.99. The molecule has 0 fully saturated rings. The molecule has 0 aliphatic rings. The average Bonchev–Trinajstić information content (AvgIpc) is 2.93. The minimum absolute atomic E-state index is 0.0304. The Morgan fingerprint density at radius 2 is 1.70 bits per heavy atom. The van der Waals surface area contributed by atoms with Gasteiger partial charge >= 0.3 is 0 Å². The lowest BCUT2D eigenvalue weighted by Crippen LogP contribution is -2.12. The van der Waals surface area contributed by atoms with Crippen molar-refractivity contribution in [2.24, 2.45) is 5.73 Å². The van der Waals surface area contributed by atoms with Gasteiger partial charge in [-0.05, 0) is 23.3 Å². The number of rotatable bonds is 6. The number of hydrogen-bond donors (Lipinski definition) is 1. The molecular formula is C14H19N3S3. The summed E-state index contributed by atoms with van der Waals surface area (Å²) in [4.78, 5) is 0. The van der Waals surface area contributed by atoms with E-state index in [0.29, 0.717) is 5.92 Å². The van der Waals surface area contributed by atoms with Gasteiger partial charge in [0, 0.05) is 11.8 Å². The largest absolute Gasteiger partial charge is 0.323 e. The Labute approximate surface area is 132 Å². The molecule has 108 valence electrons. The van der Waals surface area contributed by atoms with E-state index >= 15 is 0 Å². The maximum Gasteiger partial charge on any atom is 0.175 e. The van der Waals surface area contributed by atoms with Gasteiger partial charge in [-0.3, -0.25) is 0 Å².